The predicted octanol–water partition coefficient (Wildman–Crippen LogP) is 7.32. The van der Waals surface area contributed by atoms with Gasteiger partial charge in [-0.05, 0) is 47.7 Å². The third kappa shape index (κ3) is 5.54. The molecule has 7 nitrogen and oxygen atoms in total. The van der Waals surface area contributed by atoms with Crippen LogP contribution in [-0.2, 0) is 0 Å². The molecule has 1 heterocycles. The maximum atomic E-state index is 14.3. The van der Waals surface area contributed by atoms with Gasteiger partial charge in [-0.3, -0.25) is 4.79 Å². The summed E-state index contributed by atoms with van der Waals surface area (Å²) in [6.07, 6.45) is 1.62. The van der Waals surface area contributed by atoms with Crippen LogP contribution in [0.4, 0.5) is 4.39 Å². The van der Waals surface area contributed by atoms with E-state index in [-0.39, 0.29) is 28.8 Å². The number of aromatic carboxylic acids is 1. The monoisotopic (exact) mass is 551 g/mol. The number of carboxylic acids is 1. The Morgan fingerprint density at radius 1 is 1.02 bits per heavy atom. The lowest BCUT2D eigenvalue weighted by Crippen LogP contribution is -2.28. The van der Waals surface area contributed by atoms with E-state index in [4.69, 9.17) is 4.74 Å². The Hall–Kier alpha value is -4.98. The maximum absolute atomic E-state index is 14.3. The number of fused-ring (bicyclic) bond motifs is 1. The van der Waals surface area contributed by atoms with Crippen molar-refractivity contribution in [1.29, 1.82) is 0 Å². The highest BCUT2D eigenvalue weighted by molar-refractivity contribution is 6.03. The lowest BCUT2D eigenvalue weighted by molar-refractivity contribution is 0.0697. The Morgan fingerprint density at radius 3 is 2.51 bits per heavy atom. The highest BCUT2D eigenvalue weighted by atomic mass is 19.1. The van der Waals surface area contributed by atoms with Crippen molar-refractivity contribution in [2.45, 2.75) is 32.7 Å². The summed E-state index contributed by atoms with van der Waals surface area (Å²) < 4.78 is 19.4. The summed E-state index contributed by atoms with van der Waals surface area (Å²) in [6.45, 7) is 3.93. The molecular weight excluding hydrogens is 521 g/mol. The molecule has 1 amide bonds. The Morgan fingerprint density at radius 2 is 1.80 bits per heavy atom. The summed E-state index contributed by atoms with van der Waals surface area (Å²) in [6, 6.07) is 22.6. The van der Waals surface area contributed by atoms with Crippen molar-refractivity contribution in [1.82, 2.24) is 15.3 Å². The van der Waals surface area contributed by atoms with Gasteiger partial charge >= 0.3 is 5.97 Å². The van der Waals surface area contributed by atoms with Crippen LogP contribution in [0.15, 0.2) is 78.9 Å². The van der Waals surface area contributed by atoms with Gasteiger partial charge in [0.25, 0.3) is 5.91 Å². The second-order valence-corrected chi connectivity index (χ2v) is 9.88. The number of rotatable bonds is 9. The molecule has 8 heteroatoms. The van der Waals surface area contributed by atoms with Crippen LogP contribution in [0.25, 0.3) is 33.5 Å². The van der Waals surface area contributed by atoms with Gasteiger partial charge in [-0.25, -0.2) is 14.2 Å². The molecule has 1 aromatic heterocycles. The van der Waals surface area contributed by atoms with E-state index in [9.17, 15) is 19.1 Å². The zero-order valence-electron chi connectivity index (χ0n) is 23.0. The molecule has 0 spiro atoms. The molecule has 0 saturated carbocycles. The van der Waals surface area contributed by atoms with Gasteiger partial charge in [0.15, 0.2) is 11.6 Å². The van der Waals surface area contributed by atoms with Crippen molar-refractivity contribution in [3.8, 4) is 28.3 Å². The fourth-order valence-corrected chi connectivity index (χ4v) is 5.14. The van der Waals surface area contributed by atoms with E-state index in [0.29, 0.717) is 33.5 Å². The lowest BCUT2D eigenvalue weighted by atomic mass is 9.90. The van der Waals surface area contributed by atoms with E-state index in [1.54, 1.807) is 12.1 Å². The summed E-state index contributed by atoms with van der Waals surface area (Å²) in [5.41, 5.74) is 4.79. The van der Waals surface area contributed by atoms with Crippen LogP contribution in [0.1, 0.15) is 57.7 Å². The number of hydrogen-bond acceptors (Lipinski definition) is 4. The number of halogens is 1. The van der Waals surface area contributed by atoms with Gasteiger partial charge in [-0.2, -0.15) is 0 Å². The number of aromatic amines is 1. The van der Waals surface area contributed by atoms with E-state index in [1.807, 2.05) is 62.4 Å². The minimum atomic E-state index is -1.16. The Bertz CT molecular complexity index is 1750. The van der Waals surface area contributed by atoms with Gasteiger partial charge in [-0.15, -0.1) is 0 Å². The van der Waals surface area contributed by atoms with E-state index in [2.05, 4.69) is 15.3 Å². The maximum Gasteiger partial charge on any atom is 0.336 e. The Balaban J connectivity index is 1.56. The number of methoxy groups -OCH3 is 1. The number of carboxylic acid groups (broad SMARTS) is 1. The fourth-order valence-electron chi connectivity index (χ4n) is 5.14. The molecule has 0 radical (unpaired) electrons. The Labute approximate surface area is 237 Å². The molecule has 5 aromatic rings. The zero-order valence-corrected chi connectivity index (χ0v) is 23.0. The highest BCUT2D eigenvalue weighted by Gasteiger charge is 2.22. The molecule has 0 aliphatic carbocycles. The van der Waals surface area contributed by atoms with E-state index < -0.39 is 11.8 Å². The second-order valence-electron chi connectivity index (χ2n) is 9.88. The van der Waals surface area contributed by atoms with Gasteiger partial charge in [0, 0.05) is 23.3 Å². The molecule has 0 aliphatic rings. The molecule has 208 valence electrons. The number of nitrogens with one attached hydrogen (secondary N) is 2. The quantitative estimate of drug-likeness (QED) is 0.178. The van der Waals surface area contributed by atoms with Crippen molar-refractivity contribution in [2.75, 3.05) is 7.11 Å². The molecular formula is C33H30FN3O4. The smallest absolute Gasteiger partial charge is 0.336 e. The second kappa shape index (κ2) is 11.6. The number of amides is 1. The van der Waals surface area contributed by atoms with Gasteiger partial charge in [0.05, 0.1) is 29.7 Å². The number of carbonyl (C=O) groups is 2. The normalized spacial score (nSPS) is 11.8. The molecule has 41 heavy (non-hydrogen) atoms. The highest BCUT2D eigenvalue weighted by Crippen LogP contribution is 2.37. The summed E-state index contributed by atoms with van der Waals surface area (Å²) in [4.78, 5) is 33.6. The first-order chi connectivity index (χ1) is 19.8. The lowest BCUT2D eigenvalue weighted by Gasteiger charge is -2.19. The van der Waals surface area contributed by atoms with E-state index in [1.165, 1.54) is 25.3 Å². The number of ether oxygens (including phenoxy) is 1. The number of aromatic nitrogens is 2. The van der Waals surface area contributed by atoms with Crippen LogP contribution >= 0.6 is 0 Å². The largest absolute Gasteiger partial charge is 0.494 e. The average Bonchev–Trinajstić information content (AvgIpc) is 3.39. The van der Waals surface area contributed by atoms with Crippen LogP contribution < -0.4 is 10.1 Å². The van der Waals surface area contributed by atoms with Crippen LogP contribution in [0.3, 0.4) is 0 Å². The molecule has 0 saturated heterocycles. The number of carbonyl (C=O) groups excluding carboxylic acids is 1. The number of imidazole rings is 1. The van der Waals surface area contributed by atoms with Gasteiger partial charge in [0.2, 0.25) is 0 Å². The standard InChI is InChI=1S/C33H30FN3O4/c1-4-9-26(20-11-6-5-7-12-20)37-32(38)21-14-15-22(24(16-21)33(39)40)30-19(2)10-8-13-23(30)31-35-27-17-25(34)29(41-3)18-28(27)36-31/h5-8,10-18,26H,4,9H2,1-3H3,(H,35,36)(H,37,38)(H,39,40)/t26-/m1/s1. The van der Waals surface area contributed by atoms with E-state index in [0.717, 1.165) is 24.0 Å². The molecule has 1 atom stereocenters. The first-order valence-electron chi connectivity index (χ1n) is 13.4. The number of nitrogens with zero attached hydrogens (tertiary/aromatic N) is 1. The van der Waals surface area contributed by atoms with Crippen LogP contribution in [0, 0.1) is 12.7 Å². The zero-order chi connectivity index (χ0) is 29.1. The molecule has 0 unspecified atom stereocenters. The molecule has 5 rings (SSSR count). The topological polar surface area (TPSA) is 104 Å². The number of H-pyrrole nitrogens is 1. The first kappa shape index (κ1) is 27.6. The third-order valence-electron chi connectivity index (χ3n) is 7.15. The molecule has 3 N–H and O–H groups in total. The van der Waals surface area contributed by atoms with Gasteiger partial charge in [-0.1, -0.05) is 67.9 Å². The summed E-state index contributed by atoms with van der Waals surface area (Å²) in [5, 5.41) is 13.3. The van der Waals surface area contributed by atoms with Crippen molar-refractivity contribution in [3.05, 3.63) is 107 Å². The molecule has 4 aromatic carbocycles. The number of hydrogen-bond donors (Lipinski definition) is 3. The van der Waals surface area contributed by atoms with Crippen LogP contribution in [0.2, 0.25) is 0 Å². The fraction of sp³-hybridized carbons (Fsp3) is 0.182. The summed E-state index contributed by atoms with van der Waals surface area (Å²) in [7, 11) is 1.39. The van der Waals surface area contributed by atoms with Gasteiger partial charge in [0.1, 0.15) is 5.82 Å². The Kier molecular flexibility index (Phi) is 7.83. The van der Waals surface area contributed by atoms with Crippen molar-refractivity contribution >= 4 is 22.9 Å². The molecule has 0 fully saturated rings. The number of aryl methyl sites for hydroxylation is 1. The minimum absolute atomic E-state index is 0.0104. The van der Waals surface area contributed by atoms with Crippen LogP contribution in [0.5, 0.6) is 5.75 Å². The van der Waals surface area contributed by atoms with Crippen LogP contribution in [-0.4, -0.2) is 34.1 Å². The van der Waals surface area contributed by atoms with Crippen molar-refractivity contribution < 1.29 is 23.8 Å². The molecule has 0 bridgehead atoms. The first-order valence-corrected chi connectivity index (χ1v) is 13.4. The van der Waals surface area contributed by atoms with Gasteiger partial charge < -0.3 is 20.1 Å². The predicted molar refractivity (Wildman–Crippen MR) is 157 cm³/mol. The van der Waals surface area contributed by atoms with E-state index >= 15 is 0 Å². The van der Waals surface area contributed by atoms with Crippen molar-refractivity contribution in [3.63, 3.8) is 0 Å². The summed E-state index contributed by atoms with van der Waals surface area (Å²) >= 11 is 0. The SMILES string of the molecule is CCC[C@@H](NC(=O)c1ccc(-c2c(C)cccc2-c2nc3cc(OC)c(F)cc3[nH]2)c(C(=O)O)c1)c1ccccc1. The molecule has 0 aliphatic heterocycles. The third-order valence-corrected chi connectivity index (χ3v) is 7.15. The van der Waals surface area contributed by atoms with Crippen molar-refractivity contribution in [2.24, 2.45) is 0 Å². The summed E-state index contributed by atoms with van der Waals surface area (Å²) in [5.74, 6) is -1.49. The minimum Gasteiger partial charge on any atom is -0.494 e. The number of benzene rings is 4. The average molecular weight is 552 g/mol.